The van der Waals surface area contributed by atoms with Crippen LogP contribution in [0.15, 0.2) is 30.3 Å². The molecule has 0 saturated carbocycles. The van der Waals surface area contributed by atoms with Crippen molar-refractivity contribution in [3.8, 4) is 0 Å². The highest BCUT2D eigenvalue weighted by molar-refractivity contribution is 5.77. The zero-order chi connectivity index (χ0) is 12.3. The molecule has 2 rings (SSSR count). The van der Waals surface area contributed by atoms with Gasteiger partial charge >= 0.3 is 0 Å². The van der Waals surface area contributed by atoms with E-state index in [0.29, 0.717) is 24.2 Å². The van der Waals surface area contributed by atoms with Crippen LogP contribution in [0.4, 0.5) is 0 Å². The zero-order valence-electron chi connectivity index (χ0n) is 10.6. The average Bonchev–Trinajstić information content (AvgIpc) is 2.32. The van der Waals surface area contributed by atoms with Gasteiger partial charge < -0.3 is 5.32 Å². The van der Waals surface area contributed by atoms with Gasteiger partial charge in [-0.3, -0.25) is 4.79 Å². The van der Waals surface area contributed by atoms with Gasteiger partial charge in [-0.05, 0) is 29.7 Å². The average molecular weight is 231 g/mol. The summed E-state index contributed by atoms with van der Waals surface area (Å²) in [4.78, 5) is 11.6. The topological polar surface area (TPSA) is 29.1 Å². The van der Waals surface area contributed by atoms with E-state index < -0.39 is 0 Å². The van der Waals surface area contributed by atoms with Crippen LogP contribution in [0.5, 0.6) is 0 Å². The third-order valence-corrected chi connectivity index (χ3v) is 3.54. The fourth-order valence-electron chi connectivity index (χ4n) is 2.77. The monoisotopic (exact) mass is 231 g/mol. The molecule has 2 heteroatoms. The molecule has 0 aromatic heterocycles. The minimum Gasteiger partial charge on any atom is -0.356 e. The van der Waals surface area contributed by atoms with Gasteiger partial charge in [-0.15, -0.1) is 0 Å². The van der Waals surface area contributed by atoms with Crippen LogP contribution in [-0.2, 0) is 4.79 Å². The number of carbonyl (C=O) groups excluding carboxylic acids is 1. The Hall–Kier alpha value is -1.31. The molecule has 1 saturated heterocycles. The fourth-order valence-corrected chi connectivity index (χ4v) is 2.77. The summed E-state index contributed by atoms with van der Waals surface area (Å²) in [5, 5.41) is 3.00. The smallest absolute Gasteiger partial charge is 0.220 e. The molecule has 1 amide bonds. The van der Waals surface area contributed by atoms with Crippen molar-refractivity contribution in [1.82, 2.24) is 5.32 Å². The summed E-state index contributed by atoms with van der Waals surface area (Å²) < 4.78 is 0. The molecule has 0 bridgehead atoms. The molecule has 17 heavy (non-hydrogen) atoms. The van der Waals surface area contributed by atoms with E-state index in [0.717, 1.165) is 6.54 Å². The van der Waals surface area contributed by atoms with E-state index in [9.17, 15) is 4.79 Å². The molecular formula is C15H21NO. The zero-order valence-corrected chi connectivity index (χ0v) is 10.6. The summed E-state index contributed by atoms with van der Waals surface area (Å²) in [5.74, 6) is 1.85. The van der Waals surface area contributed by atoms with Gasteiger partial charge in [-0.1, -0.05) is 44.2 Å². The van der Waals surface area contributed by atoms with Gasteiger partial charge in [0.2, 0.25) is 5.91 Å². The van der Waals surface area contributed by atoms with Crippen LogP contribution < -0.4 is 5.32 Å². The maximum Gasteiger partial charge on any atom is 0.220 e. The Morgan fingerprint density at radius 3 is 2.65 bits per heavy atom. The Bertz CT molecular complexity index is 372. The van der Waals surface area contributed by atoms with Gasteiger partial charge in [0.25, 0.3) is 0 Å². The van der Waals surface area contributed by atoms with Crippen molar-refractivity contribution in [3.05, 3.63) is 35.9 Å². The first kappa shape index (κ1) is 12.2. The molecule has 1 N–H and O–H groups in total. The number of rotatable bonds is 3. The normalized spacial score (nSPS) is 24.8. The van der Waals surface area contributed by atoms with E-state index in [1.807, 2.05) is 6.07 Å². The number of benzene rings is 1. The highest BCUT2D eigenvalue weighted by Gasteiger charge is 2.30. The summed E-state index contributed by atoms with van der Waals surface area (Å²) in [6.07, 6.45) is 1.82. The molecule has 0 unspecified atom stereocenters. The largest absolute Gasteiger partial charge is 0.356 e. The summed E-state index contributed by atoms with van der Waals surface area (Å²) in [5.41, 5.74) is 1.31. The van der Waals surface area contributed by atoms with Crippen LogP contribution in [0, 0.1) is 11.8 Å². The van der Waals surface area contributed by atoms with Crippen molar-refractivity contribution in [3.63, 3.8) is 0 Å². The van der Waals surface area contributed by atoms with E-state index in [4.69, 9.17) is 0 Å². The molecule has 2 nitrogen and oxygen atoms in total. The Labute approximate surface area is 103 Å². The lowest BCUT2D eigenvalue weighted by Crippen LogP contribution is -2.40. The maximum absolute atomic E-state index is 11.6. The number of hydrogen-bond acceptors (Lipinski definition) is 1. The highest BCUT2D eigenvalue weighted by atomic mass is 16.1. The second-order valence-corrected chi connectivity index (χ2v) is 5.42. The van der Waals surface area contributed by atoms with E-state index in [-0.39, 0.29) is 5.91 Å². The number of amides is 1. The standard InChI is InChI=1S/C15H21NO/c1-11(2)8-13-10-16-15(17)9-14(13)12-6-4-3-5-7-12/h3-7,11,13-14H,8-10H2,1-2H3,(H,16,17)/t13-,14+/m0/s1. The third-order valence-electron chi connectivity index (χ3n) is 3.54. The van der Waals surface area contributed by atoms with Crippen molar-refractivity contribution in [2.45, 2.75) is 32.6 Å². The van der Waals surface area contributed by atoms with Crippen LogP contribution >= 0.6 is 0 Å². The number of hydrogen-bond donors (Lipinski definition) is 1. The van der Waals surface area contributed by atoms with Gasteiger partial charge in [0.05, 0.1) is 0 Å². The molecule has 1 aromatic carbocycles. The molecule has 1 heterocycles. The molecule has 1 aliphatic rings. The lowest BCUT2D eigenvalue weighted by molar-refractivity contribution is -0.123. The van der Waals surface area contributed by atoms with Gasteiger partial charge in [0.1, 0.15) is 0 Å². The molecule has 1 fully saturated rings. The fraction of sp³-hybridized carbons (Fsp3) is 0.533. The van der Waals surface area contributed by atoms with Crippen LogP contribution in [0.1, 0.15) is 38.2 Å². The summed E-state index contributed by atoms with van der Waals surface area (Å²) in [6, 6.07) is 10.5. The van der Waals surface area contributed by atoms with Crippen molar-refractivity contribution in [2.24, 2.45) is 11.8 Å². The summed E-state index contributed by atoms with van der Waals surface area (Å²) >= 11 is 0. The van der Waals surface area contributed by atoms with Crippen LogP contribution in [-0.4, -0.2) is 12.5 Å². The Morgan fingerprint density at radius 2 is 2.00 bits per heavy atom. The first-order chi connectivity index (χ1) is 8.16. The second kappa shape index (κ2) is 5.35. The quantitative estimate of drug-likeness (QED) is 0.851. The summed E-state index contributed by atoms with van der Waals surface area (Å²) in [7, 11) is 0. The van der Waals surface area contributed by atoms with Gasteiger partial charge in [0, 0.05) is 13.0 Å². The van der Waals surface area contributed by atoms with Crippen molar-refractivity contribution in [1.29, 1.82) is 0 Å². The number of piperidine rings is 1. The van der Waals surface area contributed by atoms with E-state index in [1.165, 1.54) is 12.0 Å². The minimum atomic E-state index is 0.193. The Morgan fingerprint density at radius 1 is 1.29 bits per heavy atom. The van der Waals surface area contributed by atoms with Crippen LogP contribution in [0.2, 0.25) is 0 Å². The number of carbonyl (C=O) groups is 1. The number of nitrogens with one attached hydrogen (secondary N) is 1. The van der Waals surface area contributed by atoms with Crippen LogP contribution in [0.25, 0.3) is 0 Å². The second-order valence-electron chi connectivity index (χ2n) is 5.42. The van der Waals surface area contributed by atoms with Crippen LogP contribution in [0.3, 0.4) is 0 Å². The van der Waals surface area contributed by atoms with Crippen molar-refractivity contribution >= 4 is 5.91 Å². The molecule has 0 aliphatic carbocycles. The first-order valence-electron chi connectivity index (χ1n) is 6.48. The lowest BCUT2D eigenvalue weighted by Gasteiger charge is -2.33. The molecule has 0 radical (unpaired) electrons. The Kier molecular flexibility index (Phi) is 3.82. The Balaban J connectivity index is 2.17. The molecule has 2 atom stereocenters. The predicted molar refractivity (Wildman–Crippen MR) is 69.8 cm³/mol. The molecule has 0 spiro atoms. The molecular weight excluding hydrogens is 210 g/mol. The molecule has 1 aromatic rings. The SMILES string of the molecule is CC(C)C[C@H]1CNC(=O)C[C@@H]1c1ccccc1. The van der Waals surface area contributed by atoms with E-state index in [2.05, 4.69) is 43.4 Å². The van der Waals surface area contributed by atoms with Gasteiger partial charge in [-0.2, -0.15) is 0 Å². The van der Waals surface area contributed by atoms with E-state index in [1.54, 1.807) is 0 Å². The molecule has 92 valence electrons. The molecule has 1 aliphatic heterocycles. The highest BCUT2D eigenvalue weighted by Crippen LogP contribution is 2.34. The van der Waals surface area contributed by atoms with Crippen molar-refractivity contribution < 1.29 is 4.79 Å². The maximum atomic E-state index is 11.6. The lowest BCUT2D eigenvalue weighted by atomic mass is 9.77. The van der Waals surface area contributed by atoms with Gasteiger partial charge in [-0.25, -0.2) is 0 Å². The van der Waals surface area contributed by atoms with Crippen molar-refractivity contribution in [2.75, 3.05) is 6.54 Å². The third kappa shape index (κ3) is 3.09. The minimum absolute atomic E-state index is 0.193. The van der Waals surface area contributed by atoms with Gasteiger partial charge in [0.15, 0.2) is 0 Å². The predicted octanol–water partition coefficient (Wildman–Crippen LogP) is 2.95. The summed E-state index contributed by atoms with van der Waals surface area (Å²) in [6.45, 7) is 5.33. The first-order valence-corrected chi connectivity index (χ1v) is 6.48. The van der Waals surface area contributed by atoms with E-state index >= 15 is 0 Å².